The predicted octanol–water partition coefficient (Wildman–Crippen LogP) is 4.10. The molecule has 2 amide bonds. The van der Waals surface area contributed by atoms with E-state index in [1.807, 2.05) is 30.3 Å². The molecule has 154 valence electrons. The van der Waals surface area contributed by atoms with Gasteiger partial charge in [0, 0.05) is 30.9 Å². The fourth-order valence-corrected chi connectivity index (χ4v) is 2.72. The largest absolute Gasteiger partial charge is 0.490 e. The van der Waals surface area contributed by atoms with Crippen LogP contribution in [0.25, 0.3) is 0 Å². The van der Waals surface area contributed by atoms with E-state index >= 15 is 0 Å². The van der Waals surface area contributed by atoms with Gasteiger partial charge < -0.3 is 19.7 Å². The molecule has 0 spiro atoms. The molecule has 0 atom stereocenters. The maximum Gasteiger partial charge on any atom is 0.255 e. The van der Waals surface area contributed by atoms with Gasteiger partial charge in [0.25, 0.3) is 11.8 Å². The molecule has 0 fully saturated rings. The highest BCUT2D eigenvalue weighted by Gasteiger charge is 2.10. The van der Waals surface area contributed by atoms with E-state index < -0.39 is 0 Å². The van der Waals surface area contributed by atoms with Gasteiger partial charge in [-0.1, -0.05) is 24.3 Å². The van der Waals surface area contributed by atoms with Crippen molar-refractivity contribution in [3.05, 3.63) is 90.0 Å². The lowest BCUT2D eigenvalue weighted by Crippen LogP contribution is -2.21. The monoisotopic (exact) mass is 404 g/mol. The first kappa shape index (κ1) is 20.9. The van der Waals surface area contributed by atoms with Crippen molar-refractivity contribution in [2.24, 2.45) is 0 Å². The Balaban J connectivity index is 1.53. The van der Waals surface area contributed by atoms with Crippen molar-refractivity contribution in [3.63, 3.8) is 0 Å². The average Bonchev–Trinajstić information content (AvgIpc) is 2.77. The summed E-state index contributed by atoms with van der Waals surface area (Å²) in [6.07, 6.45) is 0. The Morgan fingerprint density at radius 2 is 1.40 bits per heavy atom. The maximum absolute atomic E-state index is 12.5. The summed E-state index contributed by atoms with van der Waals surface area (Å²) in [5, 5.41) is 2.83. The number of nitrogens with one attached hydrogen (secondary N) is 1. The Labute approximate surface area is 176 Å². The third-order valence-corrected chi connectivity index (χ3v) is 4.26. The lowest BCUT2D eigenvalue weighted by atomic mass is 10.1. The lowest BCUT2D eigenvalue weighted by Gasteiger charge is -2.11. The first-order valence-electron chi connectivity index (χ1n) is 9.57. The fraction of sp³-hybridized carbons (Fsp3) is 0.167. The van der Waals surface area contributed by atoms with Crippen molar-refractivity contribution in [2.75, 3.05) is 32.6 Å². The molecule has 30 heavy (non-hydrogen) atoms. The number of nitrogens with zero attached hydrogens (tertiary/aromatic N) is 1. The fourth-order valence-electron chi connectivity index (χ4n) is 2.72. The van der Waals surface area contributed by atoms with Crippen LogP contribution in [0, 0.1) is 0 Å². The SMILES string of the molecule is CN(C)C(=O)c1ccc(NC(=O)c2cccc(OCCOc3ccccc3)c2)cc1. The first-order chi connectivity index (χ1) is 14.5. The summed E-state index contributed by atoms with van der Waals surface area (Å²) >= 11 is 0. The van der Waals surface area contributed by atoms with E-state index in [0.29, 0.717) is 35.8 Å². The molecule has 6 nitrogen and oxygen atoms in total. The summed E-state index contributed by atoms with van der Waals surface area (Å²) in [6.45, 7) is 0.764. The van der Waals surface area contributed by atoms with E-state index in [0.717, 1.165) is 5.75 Å². The highest BCUT2D eigenvalue weighted by Crippen LogP contribution is 2.17. The molecular formula is C24H24N2O4. The van der Waals surface area contributed by atoms with Crippen LogP contribution in [0.4, 0.5) is 5.69 Å². The van der Waals surface area contributed by atoms with Gasteiger partial charge in [0.2, 0.25) is 0 Å². The van der Waals surface area contributed by atoms with Crippen LogP contribution >= 0.6 is 0 Å². The lowest BCUT2D eigenvalue weighted by molar-refractivity contribution is 0.0827. The smallest absolute Gasteiger partial charge is 0.255 e. The quantitative estimate of drug-likeness (QED) is 0.574. The number of para-hydroxylation sites is 1. The number of rotatable bonds is 8. The molecule has 0 aliphatic heterocycles. The Bertz CT molecular complexity index is 986. The van der Waals surface area contributed by atoms with Gasteiger partial charge in [0.15, 0.2) is 0 Å². The van der Waals surface area contributed by atoms with Crippen molar-refractivity contribution >= 4 is 17.5 Å². The van der Waals surface area contributed by atoms with Gasteiger partial charge in [-0.15, -0.1) is 0 Å². The third-order valence-electron chi connectivity index (χ3n) is 4.26. The zero-order chi connectivity index (χ0) is 21.3. The summed E-state index contributed by atoms with van der Waals surface area (Å²) in [6, 6.07) is 23.2. The summed E-state index contributed by atoms with van der Waals surface area (Å²) in [7, 11) is 3.39. The van der Waals surface area contributed by atoms with Crippen molar-refractivity contribution in [2.45, 2.75) is 0 Å². The van der Waals surface area contributed by atoms with Crippen LogP contribution in [0.15, 0.2) is 78.9 Å². The normalized spacial score (nSPS) is 10.2. The summed E-state index contributed by atoms with van der Waals surface area (Å²) < 4.78 is 11.3. The minimum absolute atomic E-state index is 0.0889. The number of carbonyl (C=O) groups is 2. The number of anilines is 1. The van der Waals surface area contributed by atoms with Crippen molar-refractivity contribution in [1.82, 2.24) is 4.90 Å². The molecule has 0 aliphatic rings. The topological polar surface area (TPSA) is 67.9 Å². The molecule has 0 saturated heterocycles. The summed E-state index contributed by atoms with van der Waals surface area (Å²) in [5.41, 5.74) is 1.65. The van der Waals surface area contributed by atoms with Gasteiger partial charge in [-0.05, 0) is 54.6 Å². The molecule has 0 radical (unpaired) electrons. The average molecular weight is 404 g/mol. The Hall–Kier alpha value is -3.80. The maximum atomic E-state index is 12.5. The Morgan fingerprint density at radius 3 is 2.07 bits per heavy atom. The number of benzene rings is 3. The second-order valence-electron chi connectivity index (χ2n) is 6.77. The molecule has 0 bridgehead atoms. The molecule has 0 aliphatic carbocycles. The Morgan fingerprint density at radius 1 is 0.767 bits per heavy atom. The van der Waals surface area contributed by atoms with Gasteiger partial charge in [-0.2, -0.15) is 0 Å². The number of amides is 2. The molecular weight excluding hydrogens is 380 g/mol. The molecule has 0 heterocycles. The van der Waals surface area contributed by atoms with Gasteiger partial charge in [-0.25, -0.2) is 0 Å². The van der Waals surface area contributed by atoms with E-state index in [4.69, 9.17) is 9.47 Å². The Kier molecular flexibility index (Phi) is 7.05. The number of hydrogen-bond acceptors (Lipinski definition) is 4. The second-order valence-corrected chi connectivity index (χ2v) is 6.77. The predicted molar refractivity (Wildman–Crippen MR) is 116 cm³/mol. The van der Waals surface area contributed by atoms with Gasteiger partial charge in [0.1, 0.15) is 24.7 Å². The zero-order valence-electron chi connectivity index (χ0n) is 17.0. The summed E-state index contributed by atoms with van der Waals surface area (Å²) in [5.74, 6) is 1.03. The van der Waals surface area contributed by atoms with Crippen LogP contribution in [0.1, 0.15) is 20.7 Å². The molecule has 0 aromatic heterocycles. The molecule has 0 saturated carbocycles. The van der Waals surface area contributed by atoms with E-state index in [1.165, 1.54) is 4.90 Å². The number of carbonyl (C=O) groups excluding carboxylic acids is 2. The van der Waals surface area contributed by atoms with Crippen LogP contribution in [-0.2, 0) is 0 Å². The minimum atomic E-state index is -0.257. The van der Waals surface area contributed by atoms with Crippen LogP contribution in [0.2, 0.25) is 0 Å². The van der Waals surface area contributed by atoms with Crippen LogP contribution < -0.4 is 14.8 Å². The van der Waals surface area contributed by atoms with E-state index in [-0.39, 0.29) is 11.8 Å². The standard InChI is InChI=1S/C24H24N2O4/c1-26(2)24(28)18-11-13-20(14-12-18)25-23(27)19-7-6-10-22(17-19)30-16-15-29-21-8-4-3-5-9-21/h3-14,17H,15-16H2,1-2H3,(H,25,27). The molecule has 0 unspecified atom stereocenters. The highest BCUT2D eigenvalue weighted by atomic mass is 16.5. The number of hydrogen-bond donors (Lipinski definition) is 1. The van der Waals surface area contributed by atoms with E-state index in [1.54, 1.807) is 62.6 Å². The van der Waals surface area contributed by atoms with Crippen LogP contribution in [0.5, 0.6) is 11.5 Å². The van der Waals surface area contributed by atoms with Crippen LogP contribution in [0.3, 0.4) is 0 Å². The molecule has 1 N–H and O–H groups in total. The molecule has 3 aromatic carbocycles. The molecule has 3 rings (SSSR count). The first-order valence-corrected chi connectivity index (χ1v) is 9.57. The number of ether oxygens (including phenoxy) is 2. The van der Waals surface area contributed by atoms with Crippen molar-refractivity contribution in [3.8, 4) is 11.5 Å². The molecule has 6 heteroatoms. The van der Waals surface area contributed by atoms with Gasteiger partial charge in [-0.3, -0.25) is 9.59 Å². The van der Waals surface area contributed by atoms with Gasteiger partial charge in [0.05, 0.1) is 0 Å². The van der Waals surface area contributed by atoms with E-state index in [9.17, 15) is 9.59 Å². The van der Waals surface area contributed by atoms with Crippen molar-refractivity contribution in [1.29, 1.82) is 0 Å². The summed E-state index contributed by atoms with van der Waals surface area (Å²) in [4.78, 5) is 26.0. The van der Waals surface area contributed by atoms with Gasteiger partial charge >= 0.3 is 0 Å². The zero-order valence-corrected chi connectivity index (χ0v) is 17.0. The minimum Gasteiger partial charge on any atom is -0.490 e. The van der Waals surface area contributed by atoms with Crippen molar-refractivity contribution < 1.29 is 19.1 Å². The third kappa shape index (κ3) is 5.85. The van der Waals surface area contributed by atoms with Crippen LogP contribution in [-0.4, -0.2) is 44.0 Å². The molecule has 3 aromatic rings. The van der Waals surface area contributed by atoms with E-state index in [2.05, 4.69) is 5.32 Å². The highest BCUT2D eigenvalue weighted by molar-refractivity contribution is 6.04. The second kappa shape index (κ2) is 10.1.